The third kappa shape index (κ3) is 4.54. The first-order valence-corrected chi connectivity index (χ1v) is 12.1. The summed E-state index contributed by atoms with van der Waals surface area (Å²) in [6.07, 6.45) is 1.40. The molecule has 0 amide bonds. The molecule has 0 radical (unpaired) electrons. The van der Waals surface area contributed by atoms with Crippen molar-refractivity contribution in [2.75, 3.05) is 0 Å². The number of ketones is 1. The number of aryl methyl sites for hydroxylation is 1. The SMILES string of the molecule is CCCc1oc2cc(OC(=O)c3ccccc3)ccc2c1C(=O)c1cc(I)c(O)c(I)c1. The zero-order valence-corrected chi connectivity index (χ0v) is 21.3. The van der Waals surface area contributed by atoms with E-state index in [-0.39, 0.29) is 11.5 Å². The highest BCUT2D eigenvalue weighted by molar-refractivity contribution is 14.1. The summed E-state index contributed by atoms with van der Waals surface area (Å²) in [5.41, 5.74) is 1.92. The Labute approximate surface area is 212 Å². The molecule has 3 aromatic carbocycles. The van der Waals surface area contributed by atoms with Crippen LogP contribution in [0.5, 0.6) is 11.5 Å². The van der Waals surface area contributed by atoms with Gasteiger partial charge in [0, 0.05) is 23.4 Å². The summed E-state index contributed by atoms with van der Waals surface area (Å²) in [5, 5.41) is 10.7. The van der Waals surface area contributed by atoms with Crippen molar-refractivity contribution < 1.29 is 23.8 Å². The molecule has 0 aliphatic carbocycles. The highest BCUT2D eigenvalue weighted by Crippen LogP contribution is 2.34. The fourth-order valence-electron chi connectivity index (χ4n) is 3.42. The number of furan rings is 1. The molecule has 0 unspecified atom stereocenters. The fraction of sp³-hybridized carbons (Fsp3) is 0.120. The molecule has 0 bridgehead atoms. The van der Waals surface area contributed by atoms with Gasteiger partial charge in [-0.05, 0) is 88.0 Å². The van der Waals surface area contributed by atoms with Gasteiger partial charge in [0.1, 0.15) is 22.8 Å². The van der Waals surface area contributed by atoms with Crippen LogP contribution < -0.4 is 4.74 Å². The van der Waals surface area contributed by atoms with E-state index in [2.05, 4.69) is 0 Å². The fourth-order valence-corrected chi connectivity index (χ4v) is 5.19. The third-order valence-corrected chi connectivity index (χ3v) is 6.58. The maximum absolute atomic E-state index is 13.4. The molecule has 7 heteroatoms. The van der Waals surface area contributed by atoms with Gasteiger partial charge >= 0.3 is 5.97 Å². The average Bonchev–Trinajstić information content (AvgIpc) is 3.14. The van der Waals surface area contributed by atoms with Gasteiger partial charge in [-0.2, -0.15) is 0 Å². The molecule has 0 spiro atoms. The summed E-state index contributed by atoms with van der Waals surface area (Å²) < 4.78 is 12.7. The maximum Gasteiger partial charge on any atom is 0.343 e. The summed E-state index contributed by atoms with van der Waals surface area (Å²) >= 11 is 4.02. The van der Waals surface area contributed by atoms with Crippen LogP contribution in [0.1, 0.15) is 45.4 Å². The van der Waals surface area contributed by atoms with Gasteiger partial charge in [0.15, 0.2) is 5.78 Å². The Morgan fingerprint density at radius 1 is 0.969 bits per heavy atom. The number of carbonyl (C=O) groups is 2. The van der Waals surface area contributed by atoms with E-state index in [0.29, 0.717) is 52.7 Å². The number of esters is 1. The standard InChI is InChI=1S/C25H18I2O5/c1-2-6-20-22(23(28)15-11-18(26)24(29)19(27)12-15)17-10-9-16(13-21(17)32-20)31-25(30)14-7-4-3-5-8-14/h3-5,7-13,29H,2,6H2,1H3. The second-order valence-corrected chi connectivity index (χ2v) is 9.51. The molecule has 0 saturated carbocycles. The highest BCUT2D eigenvalue weighted by Gasteiger charge is 2.23. The Bertz CT molecular complexity index is 1300. The number of fused-ring (bicyclic) bond motifs is 1. The molecule has 4 rings (SSSR count). The molecule has 1 aromatic heterocycles. The van der Waals surface area contributed by atoms with Crippen LogP contribution in [0.25, 0.3) is 11.0 Å². The van der Waals surface area contributed by atoms with Gasteiger partial charge in [0.05, 0.1) is 18.3 Å². The first-order valence-electron chi connectivity index (χ1n) is 9.94. The van der Waals surface area contributed by atoms with E-state index in [1.54, 1.807) is 54.6 Å². The number of phenolic OH excluding ortho intramolecular Hbond substituents is 1. The smallest absolute Gasteiger partial charge is 0.343 e. The number of carbonyl (C=O) groups excluding carboxylic acids is 2. The van der Waals surface area contributed by atoms with Gasteiger partial charge in [0.2, 0.25) is 0 Å². The van der Waals surface area contributed by atoms with Crippen molar-refractivity contribution in [3.63, 3.8) is 0 Å². The van der Waals surface area contributed by atoms with Crippen molar-refractivity contribution in [3.8, 4) is 11.5 Å². The molecule has 0 saturated heterocycles. The number of hydrogen-bond donors (Lipinski definition) is 1. The summed E-state index contributed by atoms with van der Waals surface area (Å²) in [4.78, 5) is 25.8. The number of benzene rings is 3. The quantitative estimate of drug-likeness (QED) is 0.108. The normalized spacial score (nSPS) is 11.0. The van der Waals surface area contributed by atoms with Gasteiger partial charge in [-0.1, -0.05) is 25.1 Å². The minimum absolute atomic E-state index is 0.165. The van der Waals surface area contributed by atoms with Crippen molar-refractivity contribution in [2.45, 2.75) is 19.8 Å². The highest BCUT2D eigenvalue weighted by atomic mass is 127. The van der Waals surface area contributed by atoms with Gasteiger partial charge in [-0.3, -0.25) is 4.79 Å². The Morgan fingerprint density at radius 3 is 2.31 bits per heavy atom. The summed E-state index contributed by atoms with van der Waals surface area (Å²) in [7, 11) is 0. The average molecular weight is 652 g/mol. The van der Waals surface area contributed by atoms with E-state index in [1.807, 2.05) is 58.2 Å². The lowest BCUT2D eigenvalue weighted by molar-refractivity contribution is 0.0734. The van der Waals surface area contributed by atoms with Gasteiger partial charge in [0.25, 0.3) is 0 Å². The van der Waals surface area contributed by atoms with E-state index < -0.39 is 5.97 Å². The second-order valence-electron chi connectivity index (χ2n) is 7.18. The number of phenols is 1. The molecule has 0 aliphatic rings. The van der Waals surface area contributed by atoms with Crippen molar-refractivity contribution >= 4 is 67.9 Å². The molecule has 1 N–H and O–H groups in total. The van der Waals surface area contributed by atoms with Crippen LogP contribution in [0.15, 0.2) is 65.1 Å². The minimum Gasteiger partial charge on any atom is -0.506 e. The second kappa shape index (κ2) is 9.62. The summed E-state index contributed by atoms with van der Waals surface area (Å²) in [5.74, 6) is 0.471. The van der Waals surface area contributed by atoms with Crippen LogP contribution in [0.3, 0.4) is 0 Å². The molecule has 1 heterocycles. The number of hydrogen-bond acceptors (Lipinski definition) is 5. The van der Waals surface area contributed by atoms with Gasteiger partial charge < -0.3 is 14.3 Å². The first kappa shape index (κ1) is 22.8. The van der Waals surface area contributed by atoms with E-state index in [0.717, 1.165) is 6.42 Å². The van der Waals surface area contributed by atoms with Gasteiger partial charge in [-0.25, -0.2) is 4.79 Å². The summed E-state index contributed by atoms with van der Waals surface area (Å²) in [6, 6.07) is 17.1. The Balaban J connectivity index is 1.73. The number of halogens is 2. The monoisotopic (exact) mass is 652 g/mol. The van der Waals surface area contributed by atoms with E-state index >= 15 is 0 Å². The van der Waals surface area contributed by atoms with Crippen LogP contribution in [0.4, 0.5) is 0 Å². The molecule has 0 fully saturated rings. The van der Waals surface area contributed by atoms with Crippen LogP contribution in [0.2, 0.25) is 0 Å². The van der Waals surface area contributed by atoms with E-state index in [9.17, 15) is 14.7 Å². The Hall–Kier alpha value is -2.40. The zero-order valence-electron chi connectivity index (χ0n) is 17.0. The number of aromatic hydroxyl groups is 1. The van der Waals surface area contributed by atoms with Crippen LogP contribution in [-0.2, 0) is 6.42 Å². The lowest BCUT2D eigenvalue weighted by atomic mass is 9.98. The Morgan fingerprint density at radius 2 is 1.66 bits per heavy atom. The first-order chi connectivity index (χ1) is 15.4. The Kier molecular flexibility index (Phi) is 6.85. The molecule has 4 aromatic rings. The van der Waals surface area contributed by atoms with Crippen molar-refractivity contribution in [2.24, 2.45) is 0 Å². The van der Waals surface area contributed by atoms with Crippen LogP contribution >= 0.6 is 45.2 Å². The van der Waals surface area contributed by atoms with Crippen LogP contribution in [-0.4, -0.2) is 16.9 Å². The maximum atomic E-state index is 13.4. The van der Waals surface area contributed by atoms with E-state index in [4.69, 9.17) is 9.15 Å². The van der Waals surface area contributed by atoms with Crippen LogP contribution in [0, 0.1) is 7.14 Å². The molecule has 162 valence electrons. The minimum atomic E-state index is -0.463. The molecular formula is C25H18I2O5. The van der Waals surface area contributed by atoms with Crippen molar-refractivity contribution in [1.29, 1.82) is 0 Å². The lowest BCUT2D eigenvalue weighted by Gasteiger charge is -2.07. The predicted octanol–water partition coefficient (Wildman–Crippen LogP) is 6.75. The third-order valence-electron chi connectivity index (χ3n) is 4.94. The molecule has 0 aliphatic heterocycles. The zero-order chi connectivity index (χ0) is 22.8. The molecular weight excluding hydrogens is 634 g/mol. The number of rotatable bonds is 6. The molecule has 0 atom stereocenters. The van der Waals surface area contributed by atoms with Crippen molar-refractivity contribution in [1.82, 2.24) is 0 Å². The predicted molar refractivity (Wildman–Crippen MR) is 139 cm³/mol. The topological polar surface area (TPSA) is 76.7 Å². The molecule has 32 heavy (non-hydrogen) atoms. The van der Waals surface area contributed by atoms with Crippen molar-refractivity contribution in [3.05, 3.63) is 90.3 Å². The lowest BCUT2D eigenvalue weighted by Crippen LogP contribution is -2.08. The largest absolute Gasteiger partial charge is 0.506 e. The van der Waals surface area contributed by atoms with Gasteiger partial charge in [-0.15, -0.1) is 0 Å². The van der Waals surface area contributed by atoms with E-state index in [1.165, 1.54) is 0 Å². The molecule has 5 nitrogen and oxygen atoms in total. The number of ether oxygens (including phenoxy) is 1. The summed E-state index contributed by atoms with van der Waals surface area (Å²) in [6.45, 7) is 2.01.